The summed E-state index contributed by atoms with van der Waals surface area (Å²) in [4.78, 5) is 11.6. The third-order valence-corrected chi connectivity index (χ3v) is 5.63. The molecule has 1 unspecified atom stereocenters. The number of carbonyl (C=O) groups is 1. The summed E-state index contributed by atoms with van der Waals surface area (Å²) < 4.78 is 29.0. The molecule has 0 aliphatic heterocycles. The topological polar surface area (TPSA) is 55.1 Å². The van der Waals surface area contributed by atoms with Crippen molar-refractivity contribution >= 4 is 6.03 Å². The van der Waals surface area contributed by atoms with Gasteiger partial charge in [0.25, 0.3) is 0 Å². The van der Waals surface area contributed by atoms with Gasteiger partial charge in [0.2, 0.25) is 0 Å². The number of rotatable bonds is 11. The molecule has 1 atom stereocenters. The molecule has 2 rings (SSSR count). The van der Waals surface area contributed by atoms with Crippen LogP contribution in [0, 0.1) is 17.0 Å². The van der Waals surface area contributed by atoms with Crippen molar-refractivity contribution in [2.24, 2.45) is 11.1 Å². The minimum Gasteiger partial charge on any atom is -0.352 e. The Morgan fingerprint density at radius 2 is 1.66 bits per heavy atom. The van der Waals surface area contributed by atoms with Crippen molar-refractivity contribution in [3.63, 3.8) is 0 Å². The van der Waals surface area contributed by atoms with Crippen molar-refractivity contribution in [2.75, 3.05) is 0 Å². The van der Waals surface area contributed by atoms with Gasteiger partial charge in [-0.1, -0.05) is 77.6 Å². The molecular formula is C27H38F2N2O. The molecule has 0 aliphatic carbocycles. The van der Waals surface area contributed by atoms with Gasteiger partial charge in [0.05, 0.1) is 6.04 Å². The number of amides is 2. The third kappa shape index (κ3) is 8.60. The smallest absolute Gasteiger partial charge is 0.312 e. The van der Waals surface area contributed by atoms with E-state index in [4.69, 9.17) is 5.73 Å². The molecule has 176 valence electrons. The number of hydrogen-bond donors (Lipinski definition) is 2. The highest BCUT2D eigenvalue weighted by molar-refractivity contribution is 5.72. The van der Waals surface area contributed by atoms with Crippen LogP contribution in [0.2, 0.25) is 0 Å². The van der Waals surface area contributed by atoms with Gasteiger partial charge in [-0.15, -0.1) is 0 Å². The Morgan fingerprint density at radius 1 is 1.00 bits per heavy atom. The number of benzene rings is 2. The van der Waals surface area contributed by atoms with E-state index >= 15 is 0 Å². The van der Waals surface area contributed by atoms with Gasteiger partial charge in [-0.2, -0.15) is 0 Å². The van der Waals surface area contributed by atoms with E-state index in [1.54, 1.807) is 0 Å². The van der Waals surface area contributed by atoms with Crippen molar-refractivity contribution < 1.29 is 13.6 Å². The Bertz CT molecular complexity index is 872. The number of halogens is 2. The summed E-state index contributed by atoms with van der Waals surface area (Å²) in [7, 11) is 0. The molecular weight excluding hydrogens is 406 g/mol. The quantitative estimate of drug-likeness (QED) is 0.360. The first-order valence-corrected chi connectivity index (χ1v) is 11.7. The van der Waals surface area contributed by atoms with Crippen LogP contribution >= 0.6 is 0 Å². The molecule has 5 heteroatoms. The maximum atomic E-state index is 14.9. The van der Waals surface area contributed by atoms with Crippen molar-refractivity contribution in [1.29, 1.82) is 0 Å². The molecule has 3 N–H and O–H groups in total. The summed E-state index contributed by atoms with van der Waals surface area (Å²) in [6, 6.07) is 9.43. The molecule has 0 spiro atoms. The number of primary amides is 1. The van der Waals surface area contributed by atoms with Crippen LogP contribution in [0.3, 0.4) is 0 Å². The fraction of sp³-hybridized carbons (Fsp3) is 0.519. The minimum atomic E-state index is -0.699. The van der Waals surface area contributed by atoms with Gasteiger partial charge in [0, 0.05) is 11.6 Å². The number of urea groups is 1. The highest BCUT2D eigenvalue weighted by atomic mass is 19.1. The Morgan fingerprint density at radius 3 is 2.25 bits per heavy atom. The Balaban J connectivity index is 2.20. The van der Waals surface area contributed by atoms with Crippen molar-refractivity contribution in [3.8, 4) is 0 Å². The number of aryl methyl sites for hydroxylation is 2. The first kappa shape index (κ1) is 25.8. The van der Waals surface area contributed by atoms with Gasteiger partial charge >= 0.3 is 6.03 Å². The average Bonchev–Trinajstić information content (AvgIpc) is 2.68. The minimum absolute atomic E-state index is 0.217. The van der Waals surface area contributed by atoms with Gasteiger partial charge in [0.1, 0.15) is 11.6 Å². The van der Waals surface area contributed by atoms with Crippen LogP contribution in [0.25, 0.3) is 0 Å². The molecule has 0 bridgehead atoms. The van der Waals surface area contributed by atoms with E-state index in [1.165, 1.54) is 11.6 Å². The van der Waals surface area contributed by atoms with Crippen LogP contribution in [0.5, 0.6) is 0 Å². The van der Waals surface area contributed by atoms with Crippen LogP contribution in [-0.4, -0.2) is 6.03 Å². The number of hydrogen-bond acceptors (Lipinski definition) is 1. The monoisotopic (exact) mass is 444 g/mol. The zero-order chi connectivity index (χ0) is 23.7. The van der Waals surface area contributed by atoms with E-state index in [0.717, 1.165) is 43.7 Å². The summed E-state index contributed by atoms with van der Waals surface area (Å²) >= 11 is 0. The van der Waals surface area contributed by atoms with E-state index in [1.807, 2.05) is 0 Å². The Kier molecular flexibility index (Phi) is 9.67. The molecule has 32 heavy (non-hydrogen) atoms. The van der Waals surface area contributed by atoms with Crippen LogP contribution in [0.1, 0.15) is 88.1 Å². The van der Waals surface area contributed by atoms with Crippen molar-refractivity contribution in [3.05, 3.63) is 70.3 Å². The number of nitrogens with one attached hydrogen (secondary N) is 1. The van der Waals surface area contributed by atoms with Crippen molar-refractivity contribution in [2.45, 2.75) is 85.1 Å². The largest absolute Gasteiger partial charge is 0.352 e. The van der Waals surface area contributed by atoms with E-state index in [-0.39, 0.29) is 5.41 Å². The molecule has 3 nitrogen and oxygen atoms in total. The zero-order valence-corrected chi connectivity index (χ0v) is 19.9. The van der Waals surface area contributed by atoms with Gasteiger partial charge in [0.15, 0.2) is 0 Å². The first-order chi connectivity index (χ1) is 15.1. The Hall–Kier alpha value is -2.43. The lowest BCUT2D eigenvalue weighted by Gasteiger charge is -2.22. The standard InChI is InChI=1S/C27H38F2N2O/c1-5-6-7-8-9-24(31-26(30)32)25-21(16-22(28)17-23(25)29)15-14-19-10-12-20(13-11-19)18-27(2,3)4/h10-13,16-17,24H,5-9,14-15,18H2,1-4H3,(H3,30,31,32). The van der Waals surface area contributed by atoms with Gasteiger partial charge in [-0.05, 0) is 53.9 Å². The lowest BCUT2D eigenvalue weighted by atomic mass is 9.87. The lowest BCUT2D eigenvalue weighted by Crippen LogP contribution is -2.34. The first-order valence-electron chi connectivity index (χ1n) is 11.7. The molecule has 2 aromatic rings. The Labute approximate surface area is 191 Å². The predicted molar refractivity (Wildman–Crippen MR) is 128 cm³/mol. The summed E-state index contributed by atoms with van der Waals surface area (Å²) in [5.74, 6) is -1.24. The molecule has 0 aromatic heterocycles. The van der Waals surface area contributed by atoms with E-state index in [0.29, 0.717) is 30.4 Å². The summed E-state index contributed by atoms with van der Waals surface area (Å²) in [6.07, 6.45) is 6.69. The predicted octanol–water partition coefficient (Wildman–Crippen LogP) is 7.02. The number of unbranched alkanes of at least 4 members (excludes halogenated alkanes) is 3. The van der Waals surface area contributed by atoms with Gasteiger partial charge in [-0.25, -0.2) is 13.6 Å². The number of carbonyl (C=O) groups excluding carboxylic acids is 1. The van der Waals surface area contributed by atoms with Gasteiger partial charge in [-0.3, -0.25) is 0 Å². The van der Waals surface area contributed by atoms with Gasteiger partial charge < -0.3 is 11.1 Å². The lowest BCUT2D eigenvalue weighted by molar-refractivity contribution is 0.244. The molecule has 0 heterocycles. The molecule has 0 radical (unpaired) electrons. The van der Waals surface area contributed by atoms with Crippen molar-refractivity contribution in [1.82, 2.24) is 5.32 Å². The molecule has 2 aromatic carbocycles. The fourth-order valence-corrected chi connectivity index (χ4v) is 4.19. The maximum absolute atomic E-state index is 14.9. The fourth-order valence-electron chi connectivity index (χ4n) is 4.19. The summed E-state index contributed by atoms with van der Waals surface area (Å²) in [5.41, 5.74) is 8.90. The second-order valence-corrected chi connectivity index (χ2v) is 9.92. The molecule has 0 saturated heterocycles. The molecule has 0 aliphatic rings. The summed E-state index contributed by atoms with van der Waals surface area (Å²) in [6.45, 7) is 8.74. The highest BCUT2D eigenvalue weighted by Crippen LogP contribution is 2.29. The average molecular weight is 445 g/mol. The third-order valence-electron chi connectivity index (χ3n) is 5.63. The molecule has 2 amide bonds. The second-order valence-electron chi connectivity index (χ2n) is 9.92. The normalized spacial score (nSPS) is 12.6. The zero-order valence-electron chi connectivity index (χ0n) is 19.9. The van der Waals surface area contributed by atoms with E-state index in [2.05, 4.69) is 57.3 Å². The molecule has 0 saturated carbocycles. The molecule has 0 fully saturated rings. The van der Waals surface area contributed by atoms with Crippen LogP contribution in [-0.2, 0) is 19.3 Å². The number of nitrogens with two attached hydrogens (primary N) is 1. The van der Waals surface area contributed by atoms with Crippen LogP contribution in [0.15, 0.2) is 36.4 Å². The highest BCUT2D eigenvalue weighted by Gasteiger charge is 2.22. The van der Waals surface area contributed by atoms with Crippen LogP contribution < -0.4 is 11.1 Å². The summed E-state index contributed by atoms with van der Waals surface area (Å²) in [5, 5.41) is 2.68. The maximum Gasteiger partial charge on any atom is 0.312 e. The second kappa shape index (κ2) is 12.0. The van der Waals surface area contributed by atoms with E-state index < -0.39 is 23.7 Å². The van der Waals surface area contributed by atoms with E-state index in [9.17, 15) is 13.6 Å². The SMILES string of the molecule is CCCCCCC(NC(N)=O)c1c(F)cc(F)cc1CCc1ccc(CC(C)(C)C)cc1. The van der Waals surface area contributed by atoms with Crippen LogP contribution in [0.4, 0.5) is 13.6 Å².